The molecule has 0 unspecified atom stereocenters. The summed E-state index contributed by atoms with van der Waals surface area (Å²) in [4.78, 5) is 10.4. The van der Waals surface area contributed by atoms with Crippen molar-refractivity contribution in [1.29, 1.82) is 0 Å². The molecule has 0 fully saturated rings. The maximum atomic E-state index is 13.1. The highest BCUT2D eigenvalue weighted by molar-refractivity contribution is 9.11. The Balaban J connectivity index is 3.13. The van der Waals surface area contributed by atoms with Crippen LogP contribution >= 0.6 is 31.9 Å². The number of hydrogen-bond acceptors (Lipinski definition) is 1. The summed E-state index contributed by atoms with van der Waals surface area (Å²) in [5.41, 5.74) is 0.163. The Kier molecular flexibility index (Phi) is 3.44. The Morgan fingerprint density at radius 2 is 2.08 bits per heavy atom. The molecule has 13 heavy (non-hydrogen) atoms. The van der Waals surface area contributed by atoms with Gasteiger partial charge in [0.1, 0.15) is 5.82 Å². The number of carboxylic acids is 1. The van der Waals surface area contributed by atoms with Crippen LogP contribution in [0.5, 0.6) is 0 Å². The van der Waals surface area contributed by atoms with Crippen molar-refractivity contribution in [3.05, 3.63) is 32.5 Å². The van der Waals surface area contributed by atoms with Gasteiger partial charge in [-0.25, -0.2) is 4.39 Å². The first kappa shape index (κ1) is 10.7. The number of halogens is 3. The molecule has 1 N–H and O–H groups in total. The minimum absolute atomic E-state index is 0.163. The van der Waals surface area contributed by atoms with E-state index < -0.39 is 11.8 Å². The second kappa shape index (κ2) is 4.19. The van der Waals surface area contributed by atoms with Crippen LogP contribution in [-0.2, 0) is 11.2 Å². The van der Waals surface area contributed by atoms with Crippen LogP contribution in [0.25, 0.3) is 0 Å². The molecule has 0 heterocycles. The monoisotopic (exact) mass is 310 g/mol. The quantitative estimate of drug-likeness (QED) is 0.911. The molecule has 1 aromatic carbocycles. The number of carbonyl (C=O) groups is 1. The average molecular weight is 312 g/mol. The highest BCUT2D eigenvalue weighted by Gasteiger charge is 2.11. The zero-order valence-corrected chi connectivity index (χ0v) is 9.52. The van der Waals surface area contributed by atoms with Gasteiger partial charge in [0.05, 0.1) is 6.42 Å². The molecule has 0 aromatic heterocycles. The summed E-state index contributed by atoms with van der Waals surface area (Å²) in [7, 11) is 0. The van der Waals surface area contributed by atoms with Gasteiger partial charge < -0.3 is 5.11 Å². The molecule has 1 aromatic rings. The molecule has 0 atom stereocenters. The van der Waals surface area contributed by atoms with Gasteiger partial charge in [-0.15, -0.1) is 0 Å². The molecular formula is C8H5Br2FO2. The predicted molar refractivity (Wildman–Crippen MR) is 53.1 cm³/mol. The molecule has 0 aliphatic heterocycles. The summed E-state index contributed by atoms with van der Waals surface area (Å²) in [6.45, 7) is 0. The first-order valence-electron chi connectivity index (χ1n) is 3.36. The fraction of sp³-hybridized carbons (Fsp3) is 0.125. The summed E-state index contributed by atoms with van der Waals surface area (Å²) >= 11 is 6.19. The number of rotatable bonds is 2. The lowest BCUT2D eigenvalue weighted by Crippen LogP contribution is -2.03. The molecule has 0 spiro atoms. The van der Waals surface area contributed by atoms with Crippen LogP contribution < -0.4 is 0 Å². The van der Waals surface area contributed by atoms with Gasteiger partial charge in [-0.3, -0.25) is 4.79 Å². The van der Waals surface area contributed by atoms with Crippen molar-refractivity contribution in [3.63, 3.8) is 0 Å². The molecule has 5 heteroatoms. The highest BCUT2D eigenvalue weighted by Crippen LogP contribution is 2.25. The Hall–Kier alpha value is -0.420. The van der Waals surface area contributed by atoms with E-state index in [1.54, 1.807) is 6.07 Å². The van der Waals surface area contributed by atoms with Crippen molar-refractivity contribution in [2.45, 2.75) is 6.42 Å². The molecule has 0 aliphatic carbocycles. The van der Waals surface area contributed by atoms with Gasteiger partial charge in [-0.2, -0.15) is 0 Å². The normalized spacial score (nSPS) is 10.1. The molecular weight excluding hydrogens is 307 g/mol. The number of hydrogen-bond donors (Lipinski definition) is 1. The molecule has 0 saturated carbocycles. The van der Waals surface area contributed by atoms with Crippen LogP contribution in [0.3, 0.4) is 0 Å². The van der Waals surface area contributed by atoms with E-state index in [0.29, 0.717) is 8.95 Å². The van der Waals surface area contributed by atoms with E-state index in [0.717, 1.165) is 0 Å². The smallest absolute Gasteiger partial charge is 0.307 e. The Bertz CT molecular complexity index is 329. The van der Waals surface area contributed by atoms with E-state index in [9.17, 15) is 9.18 Å². The fourth-order valence-corrected chi connectivity index (χ4v) is 2.21. The molecule has 70 valence electrons. The van der Waals surface area contributed by atoms with Crippen LogP contribution in [-0.4, -0.2) is 11.1 Å². The SMILES string of the molecule is O=C(O)Cc1c(F)cc(Br)cc1Br. The van der Waals surface area contributed by atoms with E-state index in [2.05, 4.69) is 31.9 Å². The van der Waals surface area contributed by atoms with E-state index >= 15 is 0 Å². The van der Waals surface area contributed by atoms with Gasteiger partial charge in [0, 0.05) is 14.5 Å². The molecule has 1 rings (SSSR count). The third-order valence-electron chi connectivity index (χ3n) is 1.43. The molecule has 0 amide bonds. The van der Waals surface area contributed by atoms with E-state index in [4.69, 9.17) is 5.11 Å². The fourth-order valence-electron chi connectivity index (χ4n) is 0.892. The van der Waals surface area contributed by atoms with Gasteiger partial charge >= 0.3 is 5.97 Å². The third kappa shape index (κ3) is 2.77. The lowest BCUT2D eigenvalue weighted by Gasteiger charge is -2.03. The average Bonchev–Trinajstić information content (AvgIpc) is 1.96. The third-order valence-corrected chi connectivity index (χ3v) is 2.60. The van der Waals surface area contributed by atoms with Gasteiger partial charge in [0.2, 0.25) is 0 Å². The molecule has 0 saturated heterocycles. The van der Waals surface area contributed by atoms with Gasteiger partial charge in [0.25, 0.3) is 0 Å². The van der Waals surface area contributed by atoms with Crippen molar-refractivity contribution in [1.82, 2.24) is 0 Å². The number of aliphatic carboxylic acids is 1. The second-order valence-electron chi connectivity index (χ2n) is 2.42. The van der Waals surface area contributed by atoms with Crippen molar-refractivity contribution in [3.8, 4) is 0 Å². The predicted octanol–water partition coefficient (Wildman–Crippen LogP) is 2.98. The van der Waals surface area contributed by atoms with E-state index in [-0.39, 0.29) is 12.0 Å². The summed E-state index contributed by atoms with van der Waals surface area (Å²) in [5.74, 6) is -1.58. The first-order chi connectivity index (χ1) is 6.00. The Morgan fingerprint density at radius 1 is 1.46 bits per heavy atom. The van der Waals surface area contributed by atoms with Crippen LogP contribution in [0.1, 0.15) is 5.56 Å². The zero-order chi connectivity index (χ0) is 10.0. The molecule has 0 bridgehead atoms. The molecule has 0 aliphatic rings. The second-order valence-corrected chi connectivity index (χ2v) is 4.19. The largest absolute Gasteiger partial charge is 0.481 e. The lowest BCUT2D eigenvalue weighted by molar-refractivity contribution is -0.136. The van der Waals surface area contributed by atoms with Gasteiger partial charge in [-0.1, -0.05) is 31.9 Å². The first-order valence-corrected chi connectivity index (χ1v) is 4.94. The van der Waals surface area contributed by atoms with Crippen LogP contribution in [0.15, 0.2) is 21.1 Å². The number of carboxylic acid groups (broad SMARTS) is 1. The minimum atomic E-state index is -1.05. The lowest BCUT2D eigenvalue weighted by atomic mass is 10.1. The molecule has 2 nitrogen and oxygen atoms in total. The highest BCUT2D eigenvalue weighted by atomic mass is 79.9. The maximum Gasteiger partial charge on any atom is 0.307 e. The van der Waals surface area contributed by atoms with Crippen molar-refractivity contribution in [2.24, 2.45) is 0 Å². The van der Waals surface area contributed by atoms with E-state index in [1.807, 2.05) is 0 Å². The molecule has 0 radical (unpaired) electrons. The minimum Gasteiger partial charge on any atom is -0.481 e. The zero-order valence-electron chi connectivity index (χ0n) is 6.35. The van der Waals surface area contributed by atoms with Crippen LogP contribution in [0.2, 0.25) is 0 Å². The number of benzene rings is 1. The Labute approximate surface area is 91.0 Å². The summed E-state index contributed by atoms with van der Waals surface area (Å²) in [6.07, 6.45) is -0.320. The van der Waals surface area contributed by atoms with E-state index in [1.165, 1.54) is 6.07 Å². The topological polar surface area (TPSA) is 37.3 Å². The summed E-state index contributed by atoms with van der Waals surface area (Å²) in [5, 5.41) is 8.49. The maximum absolute atomic E-state index is 13.1. The van der Waals surface area contributed by atoms with Crippen molar-refractivity contribution in [2.75, 3.05) is 0 Å². The van der Waals surface area contributed by atoms with Crippen molar-refractivity contribution < 1.29 is 14.3 Å². The van der Waals surface area contributed by atoms with Gasteiger partial charge in [-0.05, 0) is 12.1 Å². The summed E-state index contributed by atoms with van der Waals surface area (Å²) < 4.78 is 14.2. The summed E-state index contributed by atoms with van der Waals surface area (Å²) in [6, 6.07) is 2.85. The van der Waals surface area contributed by atoms with Gasteiger partial charge in [0.15, 0.2) is 0 Å². The standard InChI is InChI=1S/C8H5Br2FO2/c9-4-1-6(10)5(3-8(12)13)7(11)2-4/h1-2H,3H2,(H,12,13). The Morgan fingerprint density at radius 3 is 2.54 bits per heavy atom. The van der Waals surface area contributed by atoms with Crippen LogP contribution in [0.4, 0.5) is 4.39 Å². The van der Waals surface area contributed by atoms with Crippen molar-refractivity contribution >= 4 is 37.8 Å². The van der Waals surface area contributed by atoms with Crippen LogP contribution in [0, 0.1) is 5.82 Å².